The summed E-state index contributed by atoms with van der Waals surface area (Å²) in [6, 6.07) is -0.580. The van der Waals surface area contributed by atoms with E-state index in [1.54, 1.807) is 4.90 Å². The minimum Gasteiger partial charge on any atom is -0.481 e. The van der Waals surface area contributed by atoms with Crippen LogP contribution in [0.25, 0.3) is 0 Å². The van der Waals surface area contributed by atoms with Gasteiger partial charge < -0.3 is 10.2 Å². The molecule has 0 aromatic rings. The lowest BCUT2D eigenvalue weighted by Gasteiger charge is -2.32. The molecule has 1 atom stereocenters. The van der Waals surface area contributed by atoms with Crippen LogP contribution in [0.5, 0.6) is 0 Å². The van der Waals surface area contributed by atoms with Crippen molar-refractivity contribution in [2.75, 3.05) is 6.54 Å². The van der Waals surface area contributed by atoms with Gasteiger partial charge in [-0.15, -0.1) is 0 Å². The van der Waals surface area contributed by atoms with E-state index in [0.29, 0.717) is 6.42 Å². The third-order valence-electron chi connectivity index (χ3n) is 2.63. The van der Waals surface area contributed by atoms with Crippen molar-refractivity contribution in [3.63, 3.8) is 0 Å². The molecular formula is C12H23NO4. The number of carbonyl (C=O) groups is 2. The van der Waals surface area contributed by atoms with Gasteiger partial charge in [-0.05, 0) is 26.2 Å². The van der Waals surface area contributed by atoms with E-state index in [0.717, 1.165) is 0 Å². The highest BCUT2D eigenvalue weighted by Gasteiger charge is 2.28. The van der Waals surface area contributed by atoms with E-state index < -0.39 is 18.0 Å². The first-order valence-electron chi connectivity index (χ1n) is 5.96. The lowest BCUT2D eigenvalue weighted by atomic mass is 10.0. The Morgan fingerprint density at radius 3 is 1.94 bits per heavy atom. The number of hydrogen-bond acceptors (Lipinski definition) is 3. The molecule has 0 aliphatic rings. The Hall–Kier alpha value is -1.10. The molecule has 0 bridgehead atoms. The summed E-state index contributed by atoms with van der Waals surface area (Å²) < 4.78 is 0. The SMILES string of the molecule is CC(C)CC(C(=O)O)N(CCC(=O)O)C(C)C. The maximum atomic E-state index is 11.2. The van der Waals surface area contributed by atoms with Gasteiger partial charge in [0.2, 0.25) is 0 Å². The molecule has 0 aliphatic carbocycles. The van der Waals surface area contributed by atoms with Crippen molar-refractivity contribution >= 4 is 11.9 Å². The average Bonchev–Trinajstić information content (AvgIpc) is 2.14. The summed E-state index contributed by atoms with van der Waals surface area (Å²) in [6.07, 6.45) is 0.507. The van der Waals surface area contributed by atoms with E-state index in [1.165, 1.54) is 0 Å². The molecule has 0 heterocycles. The van der Waals surface area contributed by atoms with Crippen LogP contribution in [-0.4, -0.2) is 45.7 Å². The molecule has 0 rings (SSSR count). The molecule has 0 saturated heterocycles. The van der Waals surface area contributed by atoms with Crippen LogP contribution in [0.2, 0.25) is 0 Å². The average molecular weight is 245 g/mol. The van der Waals surface area contributed by atoms with Crippen molar-refractivity contribution in [1.29, 1.82) is 0 Å². The quantitative estimate of drug-likeness (QED) is 0.680. The summed E-state index contributed by atoms with van der Waals surface area (Å²) in [5.74, 6) is -1.51. The van der Waals surface area contributed by atoms with Gasteiger partial charge >= 0.3 is 11.9 Å². The summed E-state index contributed by atoms with van der Waals surface area (Å²) in [5, 5.41) is 17.9. The minimum absolute atomic E-state index is 0.0224. The standard InChI is InChI=1S/C12H23NO4/c1-8(2)7-10(12(16)17)13(9(3)4)6-5-11(14)15/h8-10H,5-7H2,1-4H3,(H,14,15)(H,16,17). The Bertz CT molecular complexity index is 263. The van der Waals surface area contributed by atoms with Crippen molar-refractivity contribution in [1.82, 2.24) is 4.90 Å². The first-order valence-corrected chi connectivity index (χ1v) is 5.96. The summed E-state index contributed by atoms with van der Waals surface area (Å²) in [7, 11) is 0. The van der Waals surface area contributed by atoms with Crippen molar-refractivity contribution in [2.24, 2.45) is 5.92 Å². The van der Waals surface area contributed by atoms with E-state index >= 15 is 0 Å². The fourth-order valence-corrected chi connectivity index (χ4v) is 1.82. The van der Waals surface area contributed by atoms with E-state index in [4.69, 9.17) is 5.11 Å². The van der Waals surface area contributed by atoms with Gasteiger partial charge in [0, 0.05) is 12.6 Å². The molecule has 0 fully saturated rings. The zero-order valence-corrected chi connectivity index (χ0v) is 11.0. The molecule has 2 N–H and O–H groups in total. The van der Waals surface area contributed by atoms with Crippen LogP contribution in [0.3, 0.4) is 0 Å². The first kappa shape index (κ1) is 15.9. The van der Waals surface area contributed by atoms with Crippen LogP contribution < -0.4 is 0 Å². The molecule has 0 amide bonds. The summed E-state index contributed by atoms with van der Waals surface area (Å²) in [5.41, 5.74) is 0. The van der Waals surface area contributed by atoms with Crippen molar-refractivity contribution < 1.29 is 19.8 Å². The molecule has 0 saturated carbocycles. The molecule has 0 aromatic carbocycles. The number of carboxylic acid groups (broad SMARTS) is 2. The van der Waals surface area contributed by atoms with Gasteiger partial charge in [0.25, 0.3) is 0 Å². The number of nitrogens with zero attached hydrogens (tertiary/aromatic N) is 1. The highest BCUT2D eigenvalue weighted by Crippen LogP contribution is 2.15. The smallest absolute Gasteiger partial charge is 0.320 e. The van der Waals surface area contributed by atoms with Gasteiger partial charge in [-0.1, -0.05) is 13.8 Å². The summed E-state index contributed by atoms with van der Waals surface area (Å²) in [6.45, 7) is 7.98. The van der Waals surface area contributed by atoms with Gasteiger partial charge in [0.1, 0.15) is 6.04 Å². The van der Waals surface area contributed by atoms with Crippen molar-refractivity contribution in [3.05, 3.63) is 0 Å². The van der Waals surface area contributed by atoms with Crippen LogP contribution >= 0.6 is 0 Å². The fourth-order valence-electron chi connectivity index (χ4n) is 1.82. The maximum absolute atomic E-state index is 11.2. The van der Waals surface area contributed by atoms with Gasteiger partial charge in [-0.2, -0.15) is 0 Å². The van der Waals surface area contributed by atoms with Gasteiger partial charge in [-0.25, -0.2) is 0 Å². The van der Waals surface area contributed by atoms with Gasteiger partial charge in [-0.3, -0.25) is 14.5 Å². The molecule has 17 heavy (non-hydrogen) atoms. The zero-order valence-electron chi connectivity index (χ0n) is 11.0. The summed E-state index contributed by atoms with van der Waals surface area (Å²) in [4.78, 5) is 23.5. The van der Waals surface area contributed by atoms with Crippen molar-refractivity contribution in [3.8, 4) is 0 Å². The predicted octanol–water partition coefficient (Wildman–Crippen LogP) is 1.67. The number of aliphatic carboxylic acids is 2. The van der Waals surface area contributed by atoms with E-state index in [1.807, 2.05) is 27.7 Å². The molecule has 5 heteroatoms. The van der Waals surface area contributed by atoms with Gasteiger partial charge in [0.15, 0.2) is 0 Å². The Kier molecular flexibility index (Phi) is 6.80. The van der Waals surface area contributed by atoms with Crippen LogP contribution in [0.1, 0.15) is 40.5 Å². The predicted molar refractivity (Wildman–Crippen MR) is 65.0 cm³/mol. The molecule has 0 aliphatic heterocycles. The maximum Gasteiger partial charge on any atom is 0.320 e. The lowest BCUT2D eigenvalue weighted by molar-refractivity contribution is -0.146. The van der Waals surface area contributed by atoms with Crippen LogP contribution in [0.15, 0.2) is 0 Å². The largest absolute Gasteiger partial charge is 0.481 e. The van der Waals surface area contributed by atoms with Crippen LogP contribution in [0.4, 0.5) is 0 Å². The van der Waals surface area contributed by atoms with E-state index in [9.17, 15) is 14.7 Å². The second kappa shape index (κ2) is 7.27. The number of carboxylic acids is 2. The van der Waals surface area contributed by atoms with Crippen molar-refractivity contribution in [2.45, 2.75) is 52.6 Å². The van der Waals surface area contributed by atoms with Crippen LogP contribution in [0, 0.1) is 5.92 Å². The van der Waals surface area contributed by atoms with E-state index in [2.05, 4.69) is 0 Å². The lowest BCUT2D eigenvalue weighted by Crippen LogP contribution is -2.46. The molecule has 1 unspecified atom stereocenters. The Morgan fingerprint density at radius 2 is 1.65 bits per heavy atom. The molecular weight excluding hydrogens is 222 g/mol. The molecule has 100 valence electrons. The van der Waals surface area contributed by atoms with Gasteiger partial charge in [0.05, 0.1) is 6.42 Å². The highest BCUT2D eigenvalue weighted by atomic mass is 16.4. The monoisotopic (exact) mass is 245 g/mol. The number of rotatable bonds is 8. The minimum atomic E-state index is -0.899. The Morgan fingerprint density at radius 1 is 1.12 bits per heavy atom. The fraction of sp³-hybridized carbons (Fsp3) is 0.833. The highest BCUT2D eigenvalue weighted by molar-refractivity contribution is 5.73. The second-order valence-electron chi connectivity index (χ2n) is 4.96. The molecule has 0 aromatic heterocycles. The van der Waals surface area contributed by atoms with Crippen LogP contribution in [-0.2, 0) is 9.59 Å². The summed E-state index contributed by atoms with van der Waals surface area (Å²) >= 11 is 0. The zero-order chi connectivity index (χ0) is 13.6. The molecule has 0 spiro atoms. The molecule has 5 nitrogen and oxygen atoms in total. The van der Waals surface area contributed by atoms with E-state index in [-0.39, 0.29) is 24.9 Å². The molecule has 0 radical (unpaired) electrons. The topological polar surface area (TPSA) is 77.8 Å². The Labute approximate surface area is 102 Å². The normalized spacial score (nSPS) is 13.4. The number of hydrogen-bond donors (Lipinski definition) is 2. The second-order valence-corrected chi connectivity index (χ2v) is 4.96. The first-order chi connectivity index (χ1) is 7.75. The third kappa shape index (κ3) is 6.26. The Balaban J connectivity index is 4.70. The third-order valence-corrected chi connectivity index (χ3v) is 2.63.